The molecular weight excluding hydrogens is 428 g/mol. The van der Waals surface area contributed by atoms with Crippen molar-refractivity contribution in [2.75, 3.05) is 12.4 Å². The van der Waals surface area contributed by atoms with Gasteiger partial charge in [0.05, 0.1) is 23.8 Å². The van der Waals surface area contributed by atoms with Gasteiger partial charge in [-0.2, -0.15) is 0 Å². The molecule has 174 valence electrons. The summed E-state index contributed by atoms with van der Waals surface area (Å²) in [5.41, 5.74) is 4.68. The van der Waals surface area contributed by atoms with Crippen LogP contribution in [-0.4, -0.2) is 34.9 Å². The summed E-state index contributed by atoms with van der Waals surface area (Å²) in [4.78, 5) is 34.1. The summed E-state index contributed by atoms with van der Waals surface area (Å²) >= 11 is 0. The molecule has 0 aliphatic heterocycles. The Balaban J connectivity index is 1.58. The predicted molar refractivity (Wildman–Crippen MR) is 134 cm³/mol. The first-order chi connectivity index (χ1) is 16.4. The van der Waals surface area contributed by atoms with E-state index in [2.05, 4.69) is 20.6 Å². The molecule has 1 aromatic heterocycles. The third kappa shape index (κ3) is 4.93. The summed E-state index contributed by atoms with van der Waals surface area (Å²) in [5.74, 6) is 0.592. The Labute approximate surface area is 198 Å². The molecular formula is C27H28N4O3. The van der Waals surface area contributed by atoms with E-state index in [1.54, 1.807) is 31.4 Å². The van der Waals surface area contributed by atoms with Gasteiger partial charge in [-0.15, -0.1) is 0 Å². The Morgan fingerprint density at radius 2 is 1.74 bits per heavy atom. The fourth-order valence-electron chi connectivity index (χ4n) is 3.76. The van der Waals surface area contributed by atoms with Crippen LogP contribution >= 0.6 is 0 Å². The third-order valence-electron chi connectivity index (χ3n) is 5.67. The first-order valence-electron chi connectivity index (χ1n) is 11.2. The van der Waals surface area contributed by atoms with Crippen LogP contribution in [0.5, 0.6) is 5.75 Å². The van der Waals surface area contributed by atoms with Gasteiger partial charge in [0.2, 0.25) is 5.91 Å². The van der Waals surface area contributed by atoms with E-state index in [0.29, 0.717) is 22.8 Å². The summed E-state index contributed by atoms with van der Waals surface area (Å²) in [6, 6.07) is 19.6. The number of aromatic amines is 1. The number of rotatable bonds is 7. The molecule has 4 rings (SSSR count). The van der Waals surface area contributed by atoms with Gasteiger partial charge in [0, 0.05) is 11.1 Å². The largest absolute Gasteiger partial charge is 0.497 e. The highest BCUT2D eigenvalue weighted by atomic mass is 16.5. The van der Waals surface area contributed by atoms with E-state index >= 15 is 0 Å². The minimum atomic E-state index is -0.723. The van der Waals surface area contributed by atoms with E-state index in [1.165, 1.54) is 0 Å². The maximum atomic E-state index is 13.3. The molecule has 0 bridgehead atoms. The fraction of sp³-hybridized carbons (Fsp3) is 0.222. The molecule has 0 saturated heterocycles. The van der Waals surface area contributed by atoms with Crippen molar-refractivity contribution in [3.05, 3.63) is 77.9 Å². The molecule has 0 unspecified atom stereocenters. The minimum absolute atomic E-state index is 0.123. The van der Waals surface area contributed by atoms with Crippen LogP contribution in [0.15, 0.2) is 66.7 Å². The van der Waals surface area contributed by atoms with Crippen molar-refractivity contribution >= 4 is 28.5 Å². The number of imidazole rings is 1. The molecule has 1 heterocycles. The van der Waals surface area contributed by atoms with E-state index in [1.807, 2.05) is 63.2 Å². The number of para-hydroxylation sites is 2. The Morgan fingerprint density at radius 3 is 2.41 bits per heavy atom. The highest BCUT2D eigenvalue weighted by Crippen LogP contribution is 2.29. The number of aromatic nitrogens is 2. The zero-order valence-electron chi connectivity index (χ0n) is 19.7. The molecule has 0 aliphatic carbocycles. The highest BCUT2D eigenvalue weighted by Gasteiger charge is 2.26. The van der Waals surface area contributed by atoms with Crippen LogP contribution in [0.25, 0.3) is 22.4 Å². The summed E-state index contributed by atoms with van der Waals surface area (Å²) in [5, 5.41) is 5.87. The van der Waals surface area contributed by atoms with Gasteiger partial charge in [-0.1, -0.05) is 37.6 Å². The van der Waals surface area contributed by atoms with Gasteiger partial charge < -0.3 is 20.4 Å². The molecule has 0 spiro atoms. The molecule has 2 amide bonds. The lowest BCUT2D eigenvalue weighted by Gasteiger charge is -2.22. The zero-order chi connectivity index (χ0) is 24.2. The van der Waals surface area contributed by atoms with Gasteiger partial charge in [-0.05, 0) is 61.4 Å². The molecule has 0 fully saturated rings. The van der Waals surface area contributed by atoms with Gasteiger partial charge in [-0.3, -0.25) is 9.59 Å². The van der Waals surface area contributed by atoms with Gasteiger partial charge in [-0.25, -0.2) is 4.98 Å². The second-order valence-electron chi connectivity index (χ2n) is 8.56. The minimum Gasteiger partial charge on any atom is -0.497 e. The predicted octanol–water partition coefficient (Wildman–Crippen LogP) is 4.94. The van der Waals surface area contributed by atoms with Crippen LogP contribution < -0.4 is 15.4 Å². The fourth-order valence-corrected chi connectivity index (χ4v) is 3.76. The van der Waals surface area contributed by atoms with Crippen LogP contribution in [0.3, 0.4) is 0 Å². The number of amides is 2. The number of nitrogens with one attached hydrogen (secondary N) is 3. The molecule has 3 aromatic carbocycles. The summed E-state index contributed by atoms with van der Waals surface area (Å²) in [7, 11) is 1.57. The van der Waals surface area contributed by atoms with Gasteiger partial charge >= 0.3 is 0 Å². The van der Waals surface area contributed by atoms with Crippen molar-refractivity contribution in [2.24, 2.45) is 5.92 Å². The number of benzene rings is 3. The number of aryl methyl sites for hydroxylation is 1. The number of carbonyl (C=O) groups is 2. The van der Waals surface area contributed by atoms with Gasteiger partial charge in [0.15, 0.2) is 0 Å². The normalized spacial score (nSPS) is 11.9. The molecule has 0 aliphatic rings. The lowest BCUT2D eigenvalue weighted by atomic mass is 10.0. The van der Waals surface area contributed by atoms with Crippen molar-refractivity contribution in [1.82, 2.24) is 15.3 Å². The average molecular weight is 457 g/mol. The Hall–Kier alpha value is -4.13. The van der Waals surface area contributed by atoms with Crippen LogP contribution in [0.2, 0.25) is 0 Å². The molecule has 3 N–H and O–H groups in total. The molecule has 4 aromatic rings. The number of hydrogen-bond acceptors (Lipinski definition) is 4. The first-order valence-corrected chi connectivity index (χ1v) is 11.2. The molecule has 34 heavy (non-hydrogen) atoms. The second-order valence-corrected chi connectivity index (χ2v) is 8.56. The van der Waals surface area contributed by atoms with Crippen LogP contribution in [0, 0.1) is 12.8 Å². The number of fused-ring (bicyclic) bond motifs is 1. The van der Waals surface area contributed by atoms with E-state index < -0.39 is 6.04 Å². The molecule has 0 radical (unpaired) electrons. The van der Waals surface area contributed by atoms with Crippen molar-refractivity contribution in [3.8, 4) is 17.1 Å². The Morgan fingerprint density at radius 1 is 1.00 bits per heavy atom. The third-order valence-corrected chi connectivity index (χ3v) is 5.67. The first kappa shape index (κ1) is 23.0. The van der Waals surface area contributed by atoms with E-state index in [4.69, 9.17) is 4.74 Å². The Bertz CT molecular complexity index is 1290. The van der Waals surface area contributed by atoms with Crippen LogP contribution in [0.1, 0.15) is 29.8 Å². The number of H-pyrrole nitrogens is 1. The summed E-state index contributed by atoms with van der Waals surface area (Å²) in [6.07, 6.45) is 0. The maximum absolute atomic E-state index is 13.3. The standard InChI is InChI=1S/C27H28N4O3/c1-16(2)24(31-26(32)18-10-12-19(34-4)13-11-18)27(33)30-21-14-9-17(3)15-20(21)25-28-22-7-5-6-8-23(22)29-25/h5-16,24H,1-4H3,(H,28,29)(H,30,33)(H,31,32)/t24-/m1/s1. The van der Waals surface area contributed by atoms with Gasteiger partial charge in [0.1, 0.15) is 17.6 Å². The quantitative estimate of drug-likeness (QED) is 0.367. The summed E-state index contributed by atoms with van der Waals surface area (Å²) in [6.45, 7) is 5.78. The van der Waals surface area contributed by atoms with Crippen molar-refractivity contribution in [2.45, 2.75) is 26.8 Å². The number of anilines is 1. The monoisotopic (exact) mass is 456 g/mol. The van der Waals surface area contributed by atoms with Crippen molar-refractivity contribution in [1.29, 1.82) is 0 Å². The summed E-state index contributed by atoms with van der Waals surface area (Å²) < 4.78 is 5.14. The lowest BCUT2D eigenvalue weighted by Crippen LogP contribution is -2.47. The number of carbonyl (C=O) groups excluding carboxylic acids is 2. The van der Waals surface area contributed by atoms with E-state index in [9.17, 15) is 9.59 Å². The topological polar surface area (TPSA) is 96.1 Å². The Kier molecular flexibility index (Phi) is 6.63. The van der Waals surface area contributed by atoms with Crippen LogP contribution in [-0.2, 0) is 4.79 Å². The SMILES string of the molecule is COc1ccc(C(=O)N[C@@H](C(=O)Nc2ccc(C)cc2-c2nc3ccccc3[nH]2)C(C)C)cc1. The number of nitrogens with zero attached hydrogens (tertiary/aromatic N) is 1. The lowest BCUT2D eigenvalue weighted by molar-refractivity contribution is -0.118. The number of hydrogen-bond donors (Lipinski definition) is 3. The van der Waals surface area contributed by atoms with E-state index in [0.717, 1.165) is 22.2 Å². The van der Waals surface area contributed by atoms with Crippen molar-refractivity contribution in [3.63, 3.8) is 0 Å². The second kappa shape index (κ2) is 9.79. The maximum Gasteiger partial charge on any atom is 0.251 e. The van der Waals surface area contributed by atoms with E-state index in [-0.39, 0.29) is 17.7 Å². The molecule has 7 nitrogen and oxygen atoms in total. The highest BCUT2D eigenvalue weighted by molar-refractivity contribution is 6.03. The number of ether oxygens (including phenoxy) is 1. The number of methoxy groups -OCH3 is 1. The van der Waals surface area contributed by atoms with Crippen LogP contribution in [0.4, 0.5) is 5.69 Å². The average Bonchev–Trinajstić information content (AvgIpc) is 3.27. The molecule has 7 heteroatoms. The smallest absolute Gasteiger partial charge is 0.251 e. The van der Waals surface area contributed by atoms with Crippen molar-refractivity contribution < 1.29 is 14.3 Å². The van der Waals surface area contributed by atoms with Gasteiger partial charge in [0.25, 0.3) is 5.91 Å². The molecule has 0 saturated carbocycles. The zero-order valence-corrected chi connectivity index (χ0v) is 19.7. The molecule has 1 atom stereocenters.